The Balaban J connectivity index is 2.38. The lowest BCUT2D eigenvalue weighted by Gasteiger charge is -2.10. The van der Waals surface area contributed by atoms with Crippen molar-refractivity contribution in [1.29, 1.82) is 0 Å². The summed E-state index contributed by atoms with van der Waals surface area (Å²) >= 11 is 5.93. The average Bonchev–Trinajstić information content (AvgIpc) is 2.64. The SMILES string of the molecule is COC(=O)CC1OC(=O)c2cc(Cl)c(OC)cc21. The van der Waals surface area contributed by atoms with Gasteiger partial charge in [-0.2, -0.15) is 0 Å². The molecule has 1 heterocycles. The Morgan fingerprint density at radius 2 is 2.17 bits per heavy atom. The van der Waals surface area contributed by atoms with E-state index in [9.17, 15) is 9.59 Å². The van der Waals surface area contributed by atoms with Gasteiger partial charge in [0.1, 0.15) is 11.9 Å². The second kappa shape index (κ2) is 4.86. The van der Waals surface area contributed by atoms with E-state index in [2.05, 4.69) is 4.74 Å². The third-order valence-corrected chi connectivity index (χ3v) is 3.02. The van der Waals surface area contributed by atoms with Gasteiger partial charge < -0.3 is 14.2 Å². The third-order valence-electron chi connectivity index (χ3n) is 2.72. The van der Waals surface area contributed by atoms with Gasteiger partial charge in [-0.3, -0.25) is 4.79 Å². The maximum atomic E-state index is 11.6. The van der Waals surface area contributed by atoms with Crippen molar-refractivity contribution in [3.05, 3.63) is 28.3 Å². The first-order valence-electron chi connectivity index (χ1n) is 5.22. The standard InChI is InChI=1S/C12H11ClO5/c1-16-10-4-6-7(3-8(10)13)12(15)18-9(6)5-11(14)17-2/h3-4,9H,5H2,1-2H3. The Bertz CT molecular complexity index is 511. The molecule has 0 aromatic heterocycles. The highest BCUT2D eigenvalue weighted by Crippen LogP contribution is 2.39. The number of rotatable bonds is 3. The first-order valence-corrected chi connectivity index (χ1v) is 5.59. The molecule has 0 fully saturated rings. The summed E-state index contributed by atoms with van der Waals surface area (Å²) in [5.41, 5.74) is 0.946. The number of methoxy groups -OCH3 is 2. The first kappa shape index (κ1) is 12.7. The summed E-state index contributed by atoms with van der Waals surface area (Å²) in [6.07, 6.45) is -0.675. The number of ether oxygens (including phenoxy) is 3. The van der Waals surface area contributed by atoms with Crippen LogP contribution in [0, 0.1) is 0 Å². The lowest BCUT2D eigenvalue weighted by atomic mass is 10.0. The lowest BCUT2D eigenvalue weighted by molar-refractivity contribution is -0.142. The second-order valence-electron chi connectivity index (χ2n) is 3.75. The van der Waals surface area contributed by atoms with E-state index in [4.69, 9.17) is 21.1 Å². The van der Waals surface area contributed by atoms with Crippen LogP contribution in [0.5, 0.6) is 5.75 Å². The topological polar surface area (TPSA) is 61.8 Å². The lowest BCUT2D eigenvalue weighted by Crippen LogP contribution is -2.08. The molecule has 2 rings (SSSR count). The quantitative estimate of drug-likeness (QED) is 0.788. The van der Waals surface area contributed by atoms with Gasteiger partial charge in [-0.05, 0) is 12.1 Å². The summed E-state index contributed by atoms with van der Waals surface area (Å²) in [7, 11) is 2.75. The minimum absolute atomic E-state index is 0.0278. The number of carbonyl (C=O) groups is 2. The highest BCUT2D eigenvalue weighted by molar-refractivity contribution is 6.32. The maximum Gasteiger partial charge on any atom is 0.339 e. The molecule has 0 amide bonds. The van der Waals surface area contributed by atoms with E-state index in [1.807, 2.05) is 0 Å². The number of halogens is 1. The molecule has 5 nitrogen and oxygen atoms in total. The van der Waals surface area contributed by atoms with Crippen molar-refractivity contribution in [2.24, 2.45) is 0 Å². The average molecular weight is 271 g/mol. The van der Waals surface area contributed by atoms with E-state index >= 15 is 0 Å². The zero-order valence-electron chi connectivity index (χ0n) is 9.86. The van der Waals surface area contributed by atoms with Crippen LogP contribution in [0.4, 0.5) is 0 Å². The fraction of sp³-hybridized carbons (Fsp3) is 0.333. The number of benzene rings is 1. The molecule has 1 aromatic carbocycles. The van der Waals surface area contributed by atoms with Crippen molar-refractivity contribution in [2.45, 2.75) is 12.5 Å². The van der Waals surface area contributed by atoms with Crippen molar-refractivity contribution >= 4 is 23.5 Å². The van der Waals surface area contributed by atoms with Crippen molar-refractivity contribution in [3.63, 3.8) is 0 Å². The van der Waals surface area contributed by atoms with E-state index in [1.165, 1.54) is 20.3 Å². The molecule has 0 aliphatic carbocycles. The van der Waals surface area contributed by atoms with E-state index in [0.29, 0.717) is 21.9 Å². The van der Waals surface area contributed by atoms with Crippen LogP contribution in [0.2, 0.25) is 5.02 Å². The van der Waals surface area contributed by atoms with Crippen LogP contribution in [-0.4, -0.2) is 26.2 Å². The van der Waals surface area contributed by atoms with Gasteiger partial charge in [-0.1, -0.05) is 11.6 Å². The Morgan fingerprint density at radius 1 is 1.44 bits per heavy atom. The monoisotopic (exact) mass is 270 g/mol. The summed E-state index contributed by atoms with van der Waals surface area (Å²) in [6, 6.07) is 3.09. The molecule has 1 aromatic rings. The molecule has 6 heteroatoms. The predicted octanol–water partition coefficient (Wildman–Crippen LogP) is 2.12. The minimum Gasteiger partial charge on any atom is -0.495 e. The van der Waals surface area contributed by atoms with Gasteiger partial charge in [-0.25, -0.2) is 4.79 Å². The van der Waals surface area contributed by atoms with Crippen LogP contribution >= 0.6 is 11.6 Å². The van der Waals surface area contributed by atoms with E-state index in [-0.39, 0.29) is 6.42 Å². The molecule has 0 spiro atoms. The molecule has 0 bridgehead atoms. The summed E-state index contributed by atoms with van der Waals surface area (Å²) in [5.74, 6) is -0.512. The number of esters is 2. The molecule has 0 N–H and O–H groups in total. The molecule has 18 heavy (non-hydrogen) atoms. The highest BCUT2D eigenvalue weighted by Gasteiger charge is 2.34. The van der Waals surface area contributed by atoms with Crippen molar-refractivity contribution in [3.8, 4) is 5.75 Å². The third kappa shape index (κ3) is 2.13. The van der Waals surface area contributed by atoms with Crippen LogP contribution in [0.3, 0.4) is 0 Å². The van der Waals surface area contributed by atoms with Crippen molar-refractivity contribution < 1.29 is 23.8 Å². The zero-order chi connectivity index (χ0) is 13.3. The van der Waals surface area contributed by atoms with Crippen molar-refractivity contribution in [2.75, 3.05) is 14.2 Å². The molecule has 1 aliphatic heterocycles. The Hall–Kier alpha value is -1.75. The smallest absolute Gasteiger partial charge is 0.339 e. The summed E-state index contributed by atoms with van der Waals surface area (Å²) < 4.78 is 14.7. The Morgan fingerprint density at radius 3 is 2.78 bits per heavy atom. The summed E-state index contributed by atoms with van der Waals surface area (Å²) in [6.45, 7) is 0. The normalized spacial score (nSPS) is 17.1. The number of hydrogen-bond acceptors (Lipinski definition) is 5. The maximum absolute atomic E-state index is 11.6. The Labute approximate surface area is 109 Å². The molecular formula is C12H11ClO5. The van der Waals surface area contributed by atoms with Gasteiger partial charge in [-0.15, -0.1) is 0 Å². The largest absolute Gasteiger partial charge is 0.495 e. The van der Waals surface area contributed by atoms with Crippen LogP contribution < -0.4 is 4.74 Å². The van der Waals surface area contributed by atoms with Gasteiger partial charge in [0.05, 0.1) is 31.2 Å². The first-order chi connectivity index (χ1) is 8.56. The number of carbonyl (C=O) groups excluding carboxylic acids is 2. The van der Waals surface area contributed by atoms with E-state index in [1.54, 1.807) is 6.07 Å². The fourth-order valence-electron chi connectivity index (χ4n) is 1.81. The molecule has 1 atom stereocenters. The van der Waals surface area contributed by atoms with Crippen LogP contribution in [0.1, 0.15) is 28.4 Å². The second-order valence-corrected chi connectivity index (χ2v) is 4.16. The fourth-order valence-corrected chi connectivity index (χ4v) is 2.05. The molecule has 0 saturated carbocycles. The molecule has 1 unspecified atom stereocenters. The van der Waals surface area contributed by atoms with Crippen LogP contribution in [0.15, 0.2) is 12.1 Å². The molecule has 0 saturated heterocycles. The Kier molecular flexibility index (Phi) is 3.43. The van der Waals surface area contributed by atoms with Gasteiger partial charge in [0.25, 0.3) is 0 Å². The highest BCUT2D eigenvalue weighted by atomic mass is 35.5. The van der Waals surface area contributed by atoms with Gasteiger partial charge in [0.15, 0.2) is 0 Å². The number of hydrogen-bond donors (Lipinski definition) is 0. The minimum atomic E-state index is -0.647. The zero-order valence-corrected chi connectivity index (χ0v) is 10.6. The van der Waals surface area contributed by atoms with Gasteiger partial charge >= 0.3 is 11.9 Å². The number of fused-ring (bicyclic) bond motifs is 1. The summed E-state index contributed by atoms with van der Waals surface area (Å²) in [4.78, 5) is 22.9. The van der Waals surface area contributed by atoms with Crippen LogP contribution in [-0.2, 0) is 14.3 Å². The van der Waals surface area contributed by atoms with E-state index in [0.717, 1.165) is 0 Å². The summed E-state index contributed by atoms with van der Waals surface area (Å²) in [5, 5.41) is 0.326. The predicted molar refractivity (Wildman–Crippen MR) is 62.8 cm³/mol. The molecule has 1 aliphatic rings. The van der Waals surface area contributed by atoms with Crippen LogP contribution in [0.25, 0.3) is 0 Å². The molecular weight excluding hydrogens is 260 g/mol. The van der Waals surface area contributed by atoms with E-state index < -0.39 is 18.0 Å². The van der Waals surface area contributed by atoms with Crippen molar-refractivity contribution in [1.82, 2.24) is 0 Å². The molecule has 96 valence electrons. The number of cyclic esters (lactones) is 1. The van der Waals surface area contributed by atoms with Gasteiger partial charge in [0.2, 0.25) is 0 Å². The van der Waals surface area contributed by atoms with Gasteiger partial charge in [0, 0.05) is 5.56 Å². The molecule has 0 radical (unpaired) electrons.